The SMILES string of the molecule is CCc1c(C(O)c2ccccc2)c(CC)c(C(O)c2ccccc2)c(CC)c1C(O)c1ccccc1. The van der Waals surface area contributed by atoms with Crippen molar-refractivity contribution < 1.29 is 15.3 Å². The summed E-state index contributed by atoms with van der Waals surface area (Å²) in [6.07, 6.45) is -0.651. The summed E-state index contributed by atoms with van der Waals surface area (Å²) in [7, 11) is 0. The zero-order valence-corrected chi connectivity index (χ0v) is 21.4. The monoisotopic (exact) mass is 480 g/mol. The predicted octanol–water partition coefficient (Wildman–Crippen LogP) is 6.62. The van der Waals surface area contributed by atoms with E-state index in [0.717, 1.165) is 50.1 Å². The molecule has 3 atom stereocenters. The molecule has 0 radical (unpaired) electrons. The summed E-state index contributed by atoms with van der Waals surface area (Å²) in [6.45, 7) is 6.22. The third-order valence-corrected chi connectivity index (χ3v) is 7.18. The van der Waals surface area contributed by atoms with Gasteiger partial charge in [-0.25, -0.2) is 0 Å². The van der Waals surface area contributed by atoms with Crippen molar-refractivity contribution in [3.8, 4) is 0 Å². The lowest BCUT2D eigenvalue weighted by molar-refractivity contribution is 0.202. The van der Waals surface area contributed by atoms with Gasteiger partial charge in [-0.15, -0.1) is 0 Å². The van der Waals surface area contributed by atoms with E-state index in [9.17, 15) is 15.3 Å². The molecule has 0 amide bonds. The highest BCUT2D eigenvalue weighted by molar-refractivity contribution is 5.59. The molecule has 4 rings (SSSR count). The molecule has 4 aromatic rings. The average Bonchev–Trinajstić information content (AvgIpc) is 2.95. The first-order valence-electron chi connectivity index (χ1n) is 12.9. The molecule has 36 heavy (non-hydrogen) atoms. The Morgan fingerprint density at radius 3 is 0.833 bits per heavy atom. The molecule has 3 nitrogen and oxygen atoms in total. The largest absolute Gasteiger partial charge is 0.384 e. The topological polar surface area (TPSA) is 60.7 Å². The minimum Gasteiger partial charge on any atom is -0.384 e. The number of hydrogen-bond donors (Lipinski definition) is 3. The van der Waals surface area contributed by atoms with E-state index in [1.54, 1.807) is 0 Å². The number of benzene rings is 4. The first-order chi connectivity index (χ1) is 17.5. The van der Waals surface area contributed by atoms with Crippen molar-refractivity contribution in [3.05, 3.63) is 141 Å². The molecule has 3 heteroatoms. The second kappa shape index (κ2) is 11.7. The quantitative estimate of drug-likeness (QED) is 0.252. The van der Waals surface area contributed by atoms with Crippen molar-refractivity contribution in [1.82, 2.24) is 0 Å². The minimum atomic E-state index is -0.870. The van der Waals surface area contributed by atoms with Crippen LogP contribution in [0.25, 0.3) is 0 Å². The Bertz CT molecular complexity index is 1090. The summed E-state index contributed by atoms with van der Waals surface area (Å²) >= 11 is 0. The van der Waals surface area contributed by atoms with Crippen LogP contribution in [0, 0.1) is 0 Å². The van der Waals surface area contributed by atoms with Crippen LogP contribution in [0.4, 0.5) is 0 Å². The van der Waals surface area contributed by atoms with Crippen molar-refractivity contribution in [2.45, 2.75) is 58.3 Å². The molecule has 0 aliphatic rings. The highest BCUT2D eigenvalue weighted by Gasteiger charge is 2.32. The summed E-state index contributed by atoms with van der Waals surface area (Å²) in [5.41, 5.74) is 7.68. The molecular formula is C33H36O3. The molecule has 3 N–H and O–H groups in total. The van der Waals surface area contributed by atoms with E-state index in [4.69, 9.17) is 0 Å². The highest BCUT2D eigenvalue weighted by atomic mass is 16.3. The van der Waals surface area contributed by atoms with Crippen LogP contribution in [0.3, 0.4) is 0 Å². The van der Waals surface area contributed by atoms with Gasteiger partial charge >= 0.3 is 0 Å². The lowest BCUT2D eigenvalue weighted by Crippen LogP contribution is -2.20. The summed E-state index contributed by atoms with van der Waals surface area (Å²) < 4.78 is 0. The van der Waals surface area contributed by atoms with Gasteiger partial charge in [-0.05, 0) is 69.3 Å². The lowest BCUT2D eigenvalue weighted by Gasteiger charge is -2.32. The van der Waals surface area contributed by atoms with Gasteiger partial charge in [0.05, 0.1) is 0 Å². The zero-order chi connectivity index (χ0) is 25.7. The molecule has 186 valence electrons. The first kappa shape index (κ1) is 25.8. The van der Waals surface area contributed by atoms with Gasteiger partial charge in [0.25, 0.3) is 0 Å². The van der Waals surface area contributed by atoms with Gasteiger partial charge in [0.2, 0.25) is 0 Å². The van der Waals surface area contributed by atoms with Crippen molar-refractivity contribution >= 4 is 0 Å². The standard InChI is InChI=1S/C33H36O3/c1-4-25-28(31(34)22-16-10-7-11-17-22)26(5-2)30(33(36)24-20-14-9-15-21-24)27(6-3)29(25)32(35)23-18-12-8-13-19-23/h7-21,31-36H,4-6H2,1-3H3. The summed E-state index contributed by atoms with van der Waals surface area (Å²) in [4.78, 5) is 0. The van der Waals surface area contributed by atoms with E-state index < -0.39 is 18.3 Å². The van der Waals surface area contributed by atoms with Gasteiger partial charge in [0, 0.05) is 0 Å². The summed E-state index contributed by atoms with van der Waals surface area (Å²) in [5.74, 6) is 0. The van der Waals surface area contributed by atoms with E-state index >= 15 is 0 Å². The van der Waals surface area contributed by atoms with Gasteiger partial charge in [-0.1, -0.05) is 112 Å². The predicted molar refractivity (Wildman–Crippen MR) is 146 cm³/mol. The molecular weight excluding hydrogens is 444 g/mol. The zero-order valence-electron chi connectivity index (χ0n) is 21.4. The van der Waals surface area contributed by atoms with Gasteiger partial charge in [0.15, 0.2) is 0 Å². The Kier molecular flexibility index (Phi) is 8.37. The van der Waals surface area contributed by atoms with Crippen LogP contribution in [-0.2, 0) is 19.3 Å². The van der Waals surface area contributed by atoms with Gasteiger partial charge in [-0.2, -0.15) is 0 Å². The molecule has 0 spiro atoms. The van der Waals surface area contributed by atoms with Crippen LogP contribution in [0.5, 0.6) is 0 Å². The molecule has 0 heterocycles. The van der Waals surface area contributed by atoms with Crippen molar-refractivity contribution in [1.29, 1.82) is 0 Å². The fraction of sp³-hybridized carbons (Fsp3) is 0.273. The Hall–Kier alpha value is -3.24. The maximum absolute atomic E-state index is 11.8. The Morgan fingerprint density at radius 1 is 0.417 bits per heavy atom. The lowest BCUT2D eigenvalue weighted by atomic mass is 9.76. The van der Waals surface area contributed by atoms with E-state index in [-0.39, 0.29) is 0 Å². The number of aliphatic hydroxyl groups is 3. The number of rotatable bonds is 9. The minimum absolute atomic E-state index is 0.653. The average molecular weight is 481 g/mol. The molecule has 0 aliphatic carbocycles. The van der Waals surface area contributed by atoms with Crippen LogP contribution in [0.1, 0.15) is 89.2 Å². The fourth-order valence-corrected chi connectivity index (χ4v) is 5.52. The highest BCUT2D eigenvalue weighted by Crippen LogP contribution is 2.43. The molecule has 0 bridgehead atoms. The van der Waals surface area contributed by atoms with E-state index in [1.165, 1.54) is 0 Å². The molecule has 3 unspecified atom stereocenters. The molecule has 4 aromatic carbocycles. The maximum Gasteiger partial charge on any atom is 0.105 e. The van der Waals surface area contributed by atoms with Crippen LogP contribution < -0.4 is 0 Å². The van der Waals surface area contributed by atoms with E-state index in [0.29, 0.717) is 19.3 Å². The van der Waals surface area contributed by atoms with Crippen molar-refractivity contribution in [3.63, 3.8) is 0 Å². The normalized spacial score (nSPS) is 13.8. The van der Waals surface area contributed by atoms with Crippen LogP contribution in [-0.4, -0.2) is 15.3 Å². The van der Waals surface area contributed by atoms with Crippen LogP contribution >= 0.6 is 0 Å². The first-order valence-corrected chi connectivity index (χ1v) is 12.9. The summed E-state index contributed by atoms with van der Waals surface area (Å²) in [5, 5.41) is 35.3. The van der Waals surface area contributed by atoms with Gasteiger partial charge in [-0.3, -0.25) is 0 Å². The molecule has 0 saturated heterocycles. The van der Waals surface area contributed by atoms with E-state index in [2.05, 4.69) is 20.8 Å². The smallest absolute Gasteiger partial charge is 0.105 e. The molecule has 0 saturated carbocycles. The number of hydrogen-bond acceptors (Lipinski definition) is 3. The Morgan fingerprint density at radius 2 is 0.639 bits per heavy atom. The maximum atomic E-state index is 11.8. The summed E-state index contributed by atoms with van der Waals surface area (Å²) in [6, 6.07) is 28.9. The van der Waals surface area contributed by atoms with Crippen molar-refractivity contribution in [2.24, 2.45) is 0 Å². The Labute approximate surface area is 214 Å². The van der Waals surface area contributed by atoms with E-state index in [1.807, 2.05) is 91.0 Å². The number of aliphatic hydroxyl groups excluding tert-OH is 3. The second-order valence-electron chi connectivity index (χ2n) is 9.18. The third-order valence-electron chi connectivity index (χ3n) is 7.18. The molecule has 0 aliphatic heterocycles. The second-order valence-corrected chi connectivity index (χ2v) is 9.18. The fourth-order valence-electron chi connectivity index (χ4n) is 5.52. The molecule has 0 aromatic heterocycles. The van der Waals surface area contributed by atoms with Crippen LogP contribution in [0.15, 0.2) is 91.0 Å². The van der Waals surface area contributed by atoms with Gasteiger partial charge in [0.1, 0.15) is 18.3 Å². The third kappa shape index (κ3) is 4.87. The van der Waals surface area contributed by atoms with Gasteiger partial charge < -0.3 is 15.3 Å². The molecule has 0 fully saturated rings. The van der Waals surface area contributed by atoms with Crippen LogP contribution in [0.2, 0.25) is 0 Å². The Balaban J connectivity index is 2.09. The van der Waals surface area contributed by atoms with Crippen molar-refractivity contribution in [2.75, 3.05) is 0 Å².